The van der Waals surface area contributed by atoms with Crippen LogP contribution in [-0.2, 0) is 9.59 Å². The van der Waals surface area contributed by atoms with Crippen LogP contribution in [0, 0.1) is 0 Å². The molecule has 4 aromatic rings. The van der Waals surface area contributed by atoms with Gasteiger partial charge in [0.2, 0.25) is 0 Å². The van der Waals surface area contributed by atoms with Crippen LogP contribution in [0.2, 0.25) is 0 Å². The van der Waals surface area contributed by atoms with Gasteiger partial charge >= 0.3 is 0 Å². The zero-order valence-electron chi connectivity index (χ0n) is 17.3. The molecule has 2 heterocycles. The number of H-pyrrole nitrogens is 1. The maximum Gasteiger partial charge on any atom is 0.300 e. The van der Waals surface area contributed by atoms with Crippen LogP contribution in [-0.4, -0.2) is 28.9 Å². The van der Waals surface area contributed by atoms with Crippen molar-refractivity contribution < 1.29 is 19.4 Å². The van der Waals surface area contributed by atoms with Gasteiger partial charge in [0.05, 0.1) is 18.7 Å². The van der Waals surface area contributed by atoms with E-state index in [1.54, 1.807) is 37.6 Å². The summed E-state index contributed by atoms with van der Waals surface area (Å²) in [5.74, 6) is -1.08. The number of para-hydroxylation sites is 1. The Morgan fingerprint density at radius 3 is 2.50 bits per heavy atom. The summed E-state index contributed by atoms with van der Waals surface area (Å²) in [5.41, 5.74) is 2.58. The van der Waals surface area contributed by atoms with Gasteiger partial charge in [0.1, 0.15) is 11.5 Å². The van der Waals surface area contributed by atoms with Crippen molar-refractivity contribution in [2.45, 2.75) is 6.04 Å². The van der Waals surface area contributed by atoms with Gasteiger partial charge in [-0.25, -0.2) is 0 Å². The number of aliphatic hydroxyl groups is 1. The molecule has 32 heavy (non-hydrogen) atoms. The molecule has 1 amide bonds. The number of carbonyl (C=O) groups excluding carboxylic acids is 2. The first kappa shape index (κ1) is 19.6. The fourth-order valence-corrected chi connectivity index (χ4v) is 4.22. The van der Waals surface area contributed by atoms with E-state index in [0.29, 0.717) is 17.0 Å². The molecular formula is C26H20N2O4. The van der Waals surface area contributed by atoms with Crippen LogP contribution in [0.1, 0.15) is 17.2 Å². The zero-order chi connectivity index (χ0) is 22.2. The van der Waals surface area contributed by atoms with Gasteiger partial charge in [0.15, 0.2) is 0 Å². The standard InChI is InChI=1S/C26H20N2O4/c1-32-18-11-7-10-17(14-18)28-23(16-8-3-2-4-9-16)22(25(30)26(28)31)24(29)20-15-27-21-13-6-5-12-19(20)21/h2-15,23,27,29H,1H3/b24-22-. The number of hydrogen-bond acceptors (Lipinski definition) is 4. The van der Waals surface area contributed by atoms with Gasteiger partial charge in [0, 0.05) is 34.4 Å². The quantitative estimate of drug-likeness (QED) is 0.280. The molecule has 158 valence electrons. The van der Waals surface area contributed by atoms with Crippen LogP contribution >= 0.6 is 0 Å². The SMILES string of the molecule is COc1cccc(N2C(=O)C(=O)/C(=C(\O)c3c[nH]c4ccccc34)C2c2ccccc2)c1. The molecule has 5 rings (SSSR count). The Labute approximate surface area is 184 Å². The van der Waals surface area contributed by atoms with Crippen LogP contribution in [0.5, 0.6) is 5.75 Å². The normalized spacial score (nSPS) is 17.8. The van der Waals surface area contributed by atoms with Crippen LogP contribution in [0.25, 0.3) is 16.7 Å². The number of carbonyl (C=O) groups is 2. The Bertz CT molecular complexity index is 1370. The summed E-state index contributed by atoms with van der Waals surface area (Å²) in [6.45, 7) is 0. The maximum absolute atomic E-state index is 13.2. The molecule has 2 N–H and O–H groups in total. The van der Waals surface area contributed by atoms with Gasteiger partial charge in [0.25, 0.3) is 11.7 Å². The monoisotopic (exact) mass is 424 g/mol. The maximum atomic E-state index is 13.2. The molecule has 1 unspecified atom stereocenters. The summed E-state index contributed by atoms with van der Waals surface area (Å²) < 4.78 is 5.31. The molecule has 3 aromatic carbocycles. The number of nitrogens with one attached hydrogen (secondary N) is 1. The second-order valence-corrected chi connectivity index (χ2v) is 7.53. The molecule has 1 aromatic heterocycles. The second-order valence-electron chi connectivity index (χ2n) is 7.53. The predicted octanol–water partition coefficient (Wildman–Crippen LogP) is 4.80. The molecule has 6 heteroatoms. The van der Waals surface area contributed by atoms with E-state index < -0.39 is 17.7 Å². The smallest absolute Gasteiger partial charge is 0.300 e. The molecule has 0 spiro atoms. The second kappa shape index (κ2) is 7.74. The molecule has 1 aliphatic rings. The number of aliphatic hydroxyl groups excluding tert-OH is 1. The first-order chi connectivity index (χ1) is 15.6. The number of nitrogens with zero attached hydrogens (tertiary/aromatic N) is 1. The average Bonchev–Trinajstić information content (AvgIpc) is 3.38. The number of ketones is 1. The third kappa shape index (κ3) is 3.04. The zero-order valence-corrected chi connectivity index (χ0v) is 17.3. The largest absolute Gasteiger partial charge is 0.507 e. The van der Waals surface area contributed by atoms with Crippen molar-refractivity contribution in [3.8, 4) is 5.75 Å². The van der Waals surface area contributed by atoms with Gasteiger partial charge in [-0.2, -0.15) is 0 Å². The lowest BCUT2D eigenvalue weighted by atomic mass is 9.95. The van der Waals surface area contributed by atoms with Crippen LogP contribution < -0.4 is 9.64 Å². The Morgan fingerprint density at radius 2 is 1.72 bits per heavy atom. The van der Waals surface area contributed by atoms with Crippen LogP contribution in [0.4, 0.5) is 5.69 Å². The summed E-state index contributed by atoms with van der Waals surface area (Å²) >= 11 is 0. The van der Waals surface area contributed by atoms with E-state index in [2.05, 4.69) is 4.98 Å². The van der Waals surface area contributed by atoms with E-state index in [1.807, 2.05) is 54.6 Å². The molecule has 1 saturated heterocycles. The Morgan fingerprint density at radius 1 is 0.969 bits per heavy atom. The molecule has 0 aliphatic carbocycles. The molecular weight excluding hydrogens is 404 g/mol. The van der Waals surface area contributed by atoms with Crippen molar-refractivity contribution in [2.75, 3.05) is 12.0 Å². The van der Waals surface area contributed by atoms with E-state index in [9.17, 15) is 14.7 Å². The predicted molar refractivity (Wildman–Crippen MR) is 123 cm³/mol. The number of methoxy groups -OCH3 is 1. The summed E-state index contributed by atoms with van der Waals surface area (Å²) in [6.07, 6.45) is 1.65. The average molecular weight is 424 g/mol. The Hall–Kier alpha value is -4.32. The highest BCUT2D eigenvalue weighted by atomic mass is 16.5. The third-order valence-corrected chi connectivity index (χ3v) is 5.74. The lowest BCUT2D eigenvalue weighted by Crippen LogP contribution is -2.29. The minimum atomic E-state index is -0.781. The number of anilines is 1. The summed E-state index contributed by atoms with van der Waals surface area (Å²) in [6, 6.07) is 22.9. The van der Waals surface area contributed by atoms with Gasteiger partial charge in [-0.3, -0.25) is 14.5 Å². The number of fused-ring (bicyclic) bond motifs is 1. The number of benzene rings is 3. The fourth-order valence-electron chi connectivity index (χ4n) is 4.22. The van der Waals surface area contributed by atoms with E-state index in [4.69, 9.17) is 4.74 Å². The Kier molecular flexibility index (Phi) is 4.75. The molecule has 6 nitrogen and oxygen atoms in total. The summed E-state index contributed by atoms with van der Waals surface area (Å²) in [4.78, 5) is 31.0. The molecule has 1 fully saturated rings. The number of aromatic nitrogens is 1. The Balaban J connectivity index is 1.75. The van der Waals surface area contributed by atoms with Crippen molar-refractivity contribution in [3.05, 3.63) is 102 Å². The number of ether oxygens (including phenoxy) is 1. The van der Waals surface area contributed by atoms with E-state index in [1.165, 1.54) is 4.90 Å². The minimum absolute atomic E-state index is 0.0498. The highest BCUT2D eigenvalue weighted by Gasteiger charge is 2.47. The molecule has 0 bridgehead atoms. The molecule has 0 radical (unpaired) electrons. The van der Waals surface area contributed by atoms with Gasteiger partial charge in [-0.05, 0) is 23.8 Å². The van der Waals surface area contributed by atoms with Crippen molar-refractivity contribution >= 4 is 34.0 Å². The van der Waals surface area contributed by atoms with Crippen molar-refractivity contribution in [3.63, 3.8) is 0 Å². The summed E-state index contributed by atoms with van der Waals surface area (Å²) in [5, 5.41) is 12.1. The van der Waals surface area contributed by atoms with Crippen molar-refractivity contribution in [1.29, 1.82) is 0 Å². The van der Waals surface area contributed by atoms with Crippen molar-refractivity contribution in [2.24, 2.45) is 0 Å². The van der Waals surface area contributed by atoms with E-state index in [-0.39, 0.29) is 11.3 Å². The number of Topliss-reactive ketones (excluding diaryl/α,β-unsaturated/α-hetero) is 1. The molecule has 1 atom stereocenters. The molecule has 0 saturated carbocycles. The highest BCUT2D eigenvalue weighted by molar-refractivity contribution is 6.51. The van der Waals surface area contributed by atoms with Gasteiger partial charge < -0.3 is 14.8 Å². The number of amides is 1. The third-order valence-electron chi connectivity index (χ3n) is 5.74. The first-order valence-corrected chi connectivity index (χ1v) is 10.2. The van der Waals surface area contributed by atoms with Gasteiger partial charge in [-0.1, -0.05) is 54.6 Å². The molecule has 1 aliphatic heterocycles. The lowest BCUT2D eigenvalue weighted by molar-refractivity contribution is -0.132. The van der Waals surface area contributed by atoms with Crippen LogP contribution in [0.3, 0.4) is 0 Å². The lowest BCUT2D eigenvalue weighted by Gasteiger charge is -2.25. The van der Waals surface area contributed by atoms with Gasteiger partial charge in [-0.15, -0.1) is 0 Å². The minimum Gasteiger partial charge on any atom is -0.507 e. The van der Waals surface area contributed by atoms with E-state index >= 15 is 0 Å². The fraction of sp³-hybridized carbons (Fsp3) is 0.0769. The number of aromatic amines is 1. The number of hydrogen-bond donors (Lipinski definition) is 2. The number of rotatable bonds is 4. The first-order valence-electron chi connectivity index (χ1n) is 10.2. The van der Waals surface area contributed by atoms with E-state index in [0.717, 1.165) is 16.5 Å². The summed E-state index contributed by atoms with van der Waals surface area (Å²) in [7, 11) is 1.54. The highest BCUT2D eigenvalue weighted by Crippen LogP contribution is 2.43. The van der Waals surface area contributed by atoms with Crippen molar-refractivity contribution in [1.82, 2.24) is 4.98 Å². The van der Waals surface area contributed by atoms with Crippen LogP contribution in [0.15, 0.2) is 90.6 Å². The topological polar surface area (TPSA) is 82.6 Å².